The standard InChI is InChI=1S/C64H109O11P/c1-4-7-10-13-16-19-22-25-28-29-30-31-34-35-38-41-44-47-50-53-62(66)71-57-61(75-64(68)55-52-49-46-43-40-37-33-27-24-21-18-15-12-9-6-3)59-73-76(69,70)72-58-60(56-65)74-63(67)54-51-48-45-42-39-36-32-26-23-20-17-14-11-8-5-2/h7,10,16,19,25-28,30-33,35,38,44,47,60-61,65H,4-6,8-9,11-15,17-18,20-24,29,34,36-37,39-43,45-46,48-59H2,1-3H3,(H,69,70)/b10-7-,19-16-,28-25-,31-30-,32-26-,33-27-,38-35-,47-44-. The summed E-state index contributed by atoms with van der Waals surface area (Å²) in [4.78, 5) is 48.6. The molecule has 436 valence electrons. The topological polar surface area (TPSA) is 155 Å². The first-order valence-corrected chi connectivity index (χ1v) is 31.6. The van der Waals surface area contributed by atoms with Crippen molar-refractivity contribution in [1.82, 2.24) is 0 Å². The van der Waals surface area contributed by atoms with Crippen LogP contribution < -0.4 is 0 Å². The number of hydrogen-bond acceptors (Lipinski definition) is 10. The monoisotopic (exact) mass is 1080 g/mol. The molecule has 3 unspecified atom stereocenters. The van der Waals surface area contributed by atoms with Crippen LogP contribution >= 0.6 is 7.82 Å². The van der Waals surface area contributed by atoms with E-state index in [1.54, 1.807) is 0 Å². The molecule has 11 nitrogen and oxygen atoms in total. The van der Waals surface area contributed by atoms with E-state index in [0.717, 1.165) is 116 Å². The van der Waals surface area contributed by atoms with E-state index in [2.05, 4.69) is 106 Å². The van der Waals surface area contributed by atoms with Crippen LogP contribution in [0.3, 0.4) is 0 Å². The number of aliphatic hydroxyl groups excluding tert-OH is 1. The molecule has 3 atom stereocenters. The molecule has 0 aromatic carbocycles. The van der Waals surface area contributed by atoms with Crippen LogP contribution in [-0.4, -0.2) is 66.5 Å². The predicted octanol–water partition coefficient (Wildman–Crippen LogP) is 18.0. The van der Waals surface area contributed by atoms with Crippen LogP contribution in [0, 0.1) is 0 Å². The summed E-state index contributed by atoms with van der Waals surface area (Å²) >= 11 is 0. The molecule has 0 saturated heterocycles. The van der Waals surface area contributed by atoms with Gasteiger partial charge in [-0.3, -0.25) is 23.4 Å². The summed E-state index contributed by atoms with van der Waals surface area (Å²) in [5, 5.41) is 9.82. The summed E-state index contributed by atoms with van der Waals surface area (Å²) in [6.07, 6.45) is 68.0. The summed E-state index contributed by atoms with van der Waals surface area (Å²) in [6.45, 7) is 4.43. The minimum absolute atomic E-state index is 0.0960. The molecule has 0 aliphatic rings. The van der Waals surface area contributed by atoms with E-state index in [-0.39, 0.29) is 25.9 Å². The Labute approximate surface area is 463 Å². The molecule has 0 aliphatic heterocycles. The molecule has 0 aromatic heterocycles. The largest absolute Gasteiger partial charge is 0.472 e. The molecule has 0 rings (SSSR count). The highest BCUT2D eigenvalue weighted by molar-refractivity contribution is 7.47. The summed E-state index contributed by atoms with van der Waals surface area (Å²) in [5.41, 5.74) is 0. The Hall–Kier alpha value is -3.60. The Bertz CT molecular complexity index is 1640. The van der Waals surface area contributed by atoms with Gasteiger partial charge in [0.15, 0.2) is 6.10 Å². The molecule has 0 heterocycles. The van der Waals surface area contributed by atoms with Gasteiger partial charge in [-0.2, -0.15) is 0 Å². The highest BCUT2D eigenvalue weighted by atomic mass is 31.2. The molecular formula is C64H109O11P. The zero-order valence-corrected chi connectivity index (χ0v) is 49.1. The fraction of sp³-hybridized carbons (Fsp3) is 0.703. The fourth-order valence-electron chi connectivity index (χ4n) is 7.90. The maximum atomic E-state index is 12.9. The molecule has 2 N–H and O–H groups in total. The van der Waals surface area contributed by atoms with Gasteiger partial charge in [0, 0.05) is 19.3 Å². The molecule has 0 saturated carbocycles. The van der Waals surface area contributed by atoms with Gasteiger partial charge >= 0.3 is 25.7 Å². The van der Waals surface area contributed by atoms with E-state index in [4.69, 9.17) is 23.3 Å². The van der Waals surface area contributed by atoms with Gasteiger partial charge in [-0.05, 0) is 109 Å². The Morgan fingerprint density at radius 3 is 1.11 bits per heavy atom. The van der Waals surface area contributed by atoms with Gasteiger partial charge in [0.1, 0.15) is 12.7 Å². The van der Waals surface area contributed by atoms with Crippen LogP contribution in [0.1, 0.15) is 252 Å². The highest BCUT2D eigenvalue weighted by Crippen LogP contribution is 2.43. The highest BCUT2D eigenvalue weighted by Gasteiger charge is 2.28. The minimum atomic E-state index is -4.77. The third-order valence-corrected chi connectivity index (χ3v) is 13.4. The van der Waals surface area contributed by atoms with E-state index >= 15 is 0 Å². The van der Waals surface area contributed by atoms with Gasteiger partial charge in [-0.1, -0.05) is 221 Å². The summed E-state index contributed by atoms with van der Waals surface area (Å²) in [7, 11) is -4.77. The van der Waals surface area contributed by atoms with Gasteiger partial charge in [0.2, 0.25) is 0 Å². The lowest BCUT2D eigenvalue weighted by Gasteiger charge is -2.21. The van der Waals surface area contributed by atoms with E-state index in [9.17, 15) is 28.9 Å². The molecule has 12 heteroatoms. The van der Waals surface area contributed by atoms with Gasteiger partial charge in [0.25, 0.3) is 0 Å². The van der Waals surface area contributed by atoms with E-state index in [1.807, 2.05) is 12.2 Å². The van der Waals surface area contributed by atoms with Gasteiger partial charge in [0.05, 0.1) is 19.8 Å². The third kappa shape index (κ3) is 55.2. The van der Waals surface area contributed by atoms with E-state index in [0.29, 0.717) is 19.3 Å². The van der Waals surface area contributed by atoms with Crippen LogP contribution in [0.5, 0.6) is 0 Å². The summed E-state index contributed by atoms with van der Waals surface area (Å²) < 4.78 is 39.5. The first kappa shape index (κ1) is 72.4. The zero-order valence-electron chi connectivity index (χ0n) is 48.2. The average molecular weight is 1090 g/mol. The number of aliphatic hydroxyl groups is 1. The van der Waals surface area contributed by atoms with Gasteiger partial charge in [-0.15, -0.1) is 0 Å². The van der Waals surface area contributed by atoms with Gasteiger partial charge in [-0.25, -0.2) is 4.57 Å². The quantitative estimate of drug-likeness (QED) is 0.0197. The first-order chi connectivity index (χ1) is 37.2. The Morgan fingerprint density at radius 2 is 0.711 bits per heavy atom. The number of phosphoric ester groups is 1. The van der Waals surface area contributed by atoms with Crippen molar-refractivity contribution in [2.24, 2.45) is 0 Å². The second kappa shape index (κ2) is 57.6. The number of carbonyl (C=O) groups is 3. The predicted molar refractivity (Wildman–Crippen MR) is 316 cm³/mol. The Morgan fingerprint density at radius 1 is 0.382 bits per heavy atom. The normalized spacial score (nSPS) is 14.0. The number of esters is 3. The molecule has 0 aliphatic carbocycles. The summed E-state index contributed by atoms with van der Waals surface area (Å²) in [5.74, 6) is -1.59. The number of unbranched alkanes of at least 4 members (excludes halogenated alkanes) is 22. The van der Waals surface area contributed by atoms with Crippen molar-refractivity contribution in [3.05, 3.63) is 97.2 Å². The molecule has 0 fully saturated rings. The smallest absolute Gasteiger partial charge is 0.462 e. The van der Waals surface area contributed by atoms with E-state index < -0.39 is 57.8 Å². The van der Waals surface area contributed by atoms with Crippen molar-refractivity contribution in [3.63, 3.8) is 0 Å². The van der Waals surface area contributed by atoms with Crippen molar-refractivity contribution in [2.75, 3.05) is 26.4 Å². The maximum absolute atomic E-state index is 12.9. The summed E-state index contributed by atoms with van der Waals surface area (Å²) in [6, 6.07) is 0. The minimum Gasteiger partial charge on any atom is -0.462 e. The maximum Gasteiger partial charge on any atom is 0.472 e. The third-order valence-electron chi connectivity index (χ3n) is 12.5. The van der Waals surface area contributed by atoms with Crippen LogP contribution in [0.25, 0.3) is 0 Å². The number of phosphoric acid groups is 1. The van der Waals surface area contributed by atoms with Crippen LogP contribution in [0.15, 0.2) is 97.2 Å². The van der Waals surface area contributed by atoms with Crippen LogP contribution in [0.2, 0.25) is 0 Å². The van der Waals surface area contributed by atoms with Crippen LogP contribution in [0.4, 0.5) is 0 Å². The molecule has 0 bridgehead atoms. The van der Waals surface area contributed by atoms with Crippen molar-refractivity contribution in [2.45, 2.75) is 264 Å². The molecule has 0 spiro atoms. The van der Waals surface area contributed by atoms with Crippen LogP contribution in [-0.2, 0) is 42.2 Å². The number of hydrogen-bond donors (Lipinski definition) is 2. The van der Waals surface area contributed by atoms with Crippen molar-refractivity contribution in [1.29, 1.82) is 0 Å². The first-order valence-electron chi connectivity index (χ1n) is 30.1. The molecule has 0 amide bonds. The van der Waals surface area contributed by atoms with Crippen molar-refractivity contribution in [3.8, 4) is 0 Å². The fourth-order valence-corrected chi connectivity index (χ4v) is 8.68. The second-order valence-corrected chi connectivity index (χ2v) is 21.2. The molecular weight excluding hydrogens is 976 g/mol. The molecule has 76 heavy (non-hydrogen) atoms. The number of ether oxygens (including phenoxy) is 3. The molecule has 0 radical (unpaired) electrons. The number of carbonyl (C=O) groups excluding carboxylic acids is 3. The van der Waals surface area contributed by atoms with Crippen molar-refractivity contribution >= 4 is 25.7 Å². The Kier molecular flexibility index (Phi) is 54.8. The lowest BCUT2D eigenvalue weighted by Crippen LogP contribution is -2.30. The number of rotatable bonds is 55. The zero-order chi connectivity index (χ0) is 55.5. The van der Waals surface area contributed by atoms with Crippen molar-refractivity contribution < 1.29 is 52.2 Å². The van der Waals surface area contributed by atoms with Gasteiger partial charge < -0.3 is 24.2 Å². The lowest BCUT2D eigenvalue weighted by molar-refractivity contribution is -0.161. The lowest BCUT2D eigenvalue weighted by atomic mass is 10.1. The Balaban J connectivity index is 4.83. The SMILES string of the molecule is CC/C=C\C/C=C\C/C=C\C/C=C\C/C=C\C/C=C\CCC(=O)OCC(COP(=O)(O)OCC(CO)OC(=O)CCCCCCC/C=C\CCCCCCCC)OC(=O)CCCCCCC/C=C\CCCCCCCC. The molecule has 0 aromatic rings. The number of allylic oxidation sites excluding steroid dienone is 16. The second-order valence-electron chi connectivity index (χ2n) is 19.8. The average Bonchev–Trinajstić information content (AvgIpc) is 3.41. The van der Waals surface area contributed by atoms with E-state index in [1.165, 1.54) is 77.0 Å².